The maximum absolute atomic E-state index is 14.0. The number of rotatable bonds is 7. The summed E-state index contributed by atoms with van der Waals surface area (Å²) in [5.74, 6) is -1.35. The third-order valence-electron chi connectivity index (χ3n) is 7.18. The Kier molecular flexibility index (Phi) is 6.77. The fraction of sp³-hybridized carbons (Fsp3) is 0.654. The van der Waals surface area contributed by atoms with Crippen LogP contribution in [0, 0.1) is 17.8 Å². The second-order valence-electron chi connectivity index (χ2n) is 11.4. The van der Waals surface area contributed by atoms with Crippen LogP contribution in [0.5, 0.6) is 0 Å². The van der Waals surface area contributed by atoms with Gasteiger partial charge in [0.25, 0.3) is 0 Å². The van der Waals surface area contributed by atoms with E-state index in [0.717, 1.165) is 6.42 Å². The van der Waals surface area contributed by atoms with Crippen molar-refractivity contribution in [1.29, 1.82) is 0 Å². The van der Waals surface area contributed by atoms with Gasteiger partial charge in [-0.3, -0.25) is 14.4 Å². The molecule has 3 aliphatic heterocycles. The van der Waals surface area contributed by atoms with Crippen molar-refractivity contribution in [2.45, 2.75) is 81.5 Å². The molecule has 3 heterocycles. The number of fused-ring (bicyclic) bond motifs is 1. The molecule has 1 aromatic carbocycles. The van der Waals surface area contributed by atoms with Gasteiger partial charge >= 0.3 is 0 Å². The van der Waals surface area contributed by atoms with Crippen LogP contribution < -0.4 is 10.6 Å². The average molecular weight is 488 g/mol. The van der Waals surface area contributed by atoms with E-state index in [2.05, 4.69) is 10.6 Å². The van der Waals surface area contributed by atoms with Gasteiger partial charge in [0.15, 0.2) is 0 Å². The number of hydrogen-bond donors (Lipinski definition) is 3. The first-order valence-electron chi connectivity index (χ1n) is 12.3. The van der Waals surface area contributed by atoms with E-state index in [4.69, 9.17) is 0 Å². The van der Waals surface area contributed by atoms with Gasteiger partial charge in [0, 0.05) is 16.5 Å². The molecule has 2 unspecified atom stereocenters. The molecule has 0 aromatic heterocycles. The fourth-order valence-corrected chi connectivity index (χ4v) is 8.30. The lowest BCUT2D eigenvalue weighted by Gasteiger charge is -2.39. The molecular weight excluding hydrogens is 450 g/mol. The van der Waals surface area contributed by atoms with Crippen LogP contribution in [-0.2, 0) is 14.4 Å². The van der Waals surface area contributed by atoms with Crippen molar-refractivity contribution in [2.24, 2.45) is 17.8 Å². The Balaban J connectivity index is 1.72. The summed E-state index contributed by atoms with van der Waals surface area (Å²) in [6, 6.07) is 8.12. The largest absolute Gasteiger partial charge is 0.394 e. The van der Waals surface area contributed by atoms with E-state index in [1.165, 1.54) is 0 Å². The summed E-state index contributed by atoms with van der Waals surface area (Å²) in [5, 5.41) is 16.4. The van der Waals surface area contributed by atoms with E-state index in [1.807, 2.05) is 65.0 Å². The molecule has 4 rings (SSSR count). The predicted molar refractivity (Wildman–Crippen MR) is 134 cm³/mol. The number of thioether (sulfide) groups is 1. The lowest BCUT2D eigenvalue weighted by Crippen LogP contribution is -2.59. The van der Waals surface area contributed by atoms with E-state index in [1.54, 1.807) is 16.7 Å². The molecule has 3 saturated heterocycles. The van der Waals surface area contributed by atoms with Crippen molar-refractivity contribution in [3.63, 3.8) is 0 Å². The van der Waals surface area contributed by atoms with Gasteiger partial charge in [0.2, 0.25) is 17.7 Å². The Hall–Kier alpha value is -2.06. The molecule has 1 aromatic rings. The number of hydrogen-bond acceptors (Lipinski definition) is 5. The fourth-order valence-electron chi connectivity index (χ4n) is 6.09. The van der Waals surface area contributed by atoms with E-state index < -0.39 is 34.2 Å². The average Bonchev–Trinajstić information content (AvgIpc) is 3.38. The maximum atomic E-state index is 14.0. The maximum Gasteiger partial charge on any atom is 0.244 e. The zero-order valence-electron chi connectivity index (χ0n) is 20.7. The summed E-state index contributed by atoms with van der Waals surface area (Å²) in [6.45, 7) is 9.66. The number of aliphatic hydroxyl groups excluding tert-OH is 1. The molecule has 3 amide bonds. The molecule has 6 atom stereocenters. The van der Waals surface area contributed by atoms with Crippen LogP contribution in [0.2, 0.25) is 0 Å². The van der Waals surface area contributed by atoms with Crippen molar-refractivity contribution in [3.8, 4) is 0 Å². The molecule has 1 spiro atoms. The smallest absolute Gasteiger partial charge is 0.244 e. The molecule has 0 saturated carbocycles. The molecular formula is C26H37N3O4S. The highest BCUT2D eigenvalue weighted by molar-refractivity contribution is 8.02. The Morgan fingerprint density at radius 2 is 1.88 bits per heavy atom. The van der Waals surface area contributed by atoms with E-state index >= 15 is 0 Å². The van der Waals surface area contributed by atoms with Gasteiger partial charge in [0.1, 0.15) is 6.04 Å². The molecule has 8 heteroatoms. The van der Waals surface area contributed by atoms with Gasteiger partial charge in [-0.1, -0.05) is 32.0 Å². The Morgan fingerprint density at radius 3 is 2.47 bits per heavy atom. The summed E-state index contributed by atoms with van der Waals surface area (Å²) >= 11 is 1.65. The number of nitrogens with zero attached hydrogens (tertiary/aromatic N) is 1. The first kappa shape index (κ1) is 25.0. The molecule has 3 fully saturated rings. The van der Waals surface area contributed by atoms with Gasteiger partial charge in [-0.05, 0) is 58.1 Å². The molecule has 0 radical (unpaired) electrons. The van der Waals surface area contributed by atoms with Crippen LogP contribution in [0.25, 0.3) is 0 Å². The highest BCUT2D eigenvalue weighted by Crippen LogP contribution is 2.66. The zero-order chi connectivity index (χ0) is 24.8. The van der Waals surface area contributed by atoms with Crippen LogP contribution in [0.3, 0.4) is 0 Å². The molecule has 0 aliphatic carbocycles. The summed E-state index contributed by atoms with van der Waals surface area (Å²) in [6.07, 6.45) is 2.11. The number of para-hydroxylation sites is 1. The number of likely N-dealkylation sites (tertiary alicyclic amines) is 1. The first-order valence-corrected chi connectivity index (χ1v) is 13.2. The standard InChI is InChI=1S/C26H37N3O4S/c1-15(2)13-17(14-30)29-21(23(32)28-25(3,4)5)26-12-11-18(34-26)19(20(26)24(29)33)22(31)27-16-9-7-6-8-10-16/h6-10,15,17-21,30H,11-14H2,1-5H3,(H,27,31)(H,28,32)/t17-,18-,19+,20+,21?,26?/m1/s1. The SMILES string of the molecule is CC(C)C[C@H](CO)N1C(=O)[C@@H]2[C@@H](C(=O)Nc3ccccc3)[C@H]3CCC2(S3)C1C(=O)NC(C)(C)C. The third-order valence-corrected chi connectivity index (χ3v) is 9.13. The first-order chi connectivity index (χ1) is 16.0. The summed E-state index contributed by atoms with van der Waals surface area (Å²) in [5.41, 5.74) is 0.241. The molecule has 34 heavy (non-hydrogen) atoms. The predicted octanol–water partition coefficient (Wildman–Crippen LogP) is 3.04. The topological polar surface area (TPSA) is 98.7 Å². The Morgan fingerprint density at radius 1 is 1.21 bits per heavy atom. The second kappa shape index (κ2) is 9.19. The summed E-state index contributed by atoms with van der Waals surface area (Å²) in [4.78, 5) is 42.9. The van der Waals surface area contributed by atoms with Crippen LogP contribution in [0.4, 0.5) is 5.69 Å². The summed E-state index contributed by atoms with van der Waals surface area (Å²) < 4.78 is -0.653. The van der Waals surface area contributed by atoms with E-state index in [-0.39, 0.29) is 35.5 Å². The number of aliphatic hydroxyl groups is 1. The normalized spacial score (nSPS) is 31.0. The van der Waals surface area contributed by atoms with Crippen LogP contribution in [0.15, 0.2) is 30.3 Å². The van der Waals surface area contributed by atoms with Crippen LogP contribution in [-0.4, -0.2) is 62.0 Å². The van der Waals surface area contributed by atoms with Gasteiger partial charge in [-0.25, -0.2) is 0 Å². The van der Waals surface area contributed by atoms with Crippen molar-refractivity contribution in [3.05, 3.63) is 30.3 Å². The minimum absolute atomic E-state index is 0.00224. The molecule has 186 valence electrons. The Labute approximate surface area is 206 Å². The number of anilines is 1. The second-order valence-corrected chi connectivity index (χ2v) is 13.0. The van der Waals surface area contributed by atoms with E-state index in [0.29, 0.717) is 18.5 Å². The van der Waals surface area contributed by atoms with Crippen molar-refractivity contribution in [1.82, 2.24) is 10.2 Å². The molecule has 7 nitrogen and oxygen atoms in total. The number of carbonyl (C=O) groups is 3. The van der Waals surface area contributed by atoms with Gasteiger partial charge in [0.05, 0.1) is 29.2 Å². The number of carbonyl (C=O) groups excluding carboxylic acids is 3. The van der Waals surface area contributed by atoms with Gasteiger partial charge < -0.3 is 20.6 Å². The summed E-state index contributed by atoms with van der Waals surface area (Å²) in [7, 11) is 0. The third kappa shape index (κ3) is 4.35. The van der Waals surface area contributed by atoms with Crippen molar-refractivity contribution in [2.75, 3.05) is 11.9 Å². The quantitative estimate of drug-likeness (QED) is 0.549. The molecule has 2 bridgehead atoms. The number of nitrogens with one attached hydrogen (secondary N) is 2. The van der Waals surface area contributed by atoms with E-state index in [9.17, 15) is 19.5 Å². The monoisotopic (exact) mass is 487 g/mol. The minimum Gasteiger partial charge on any atom is -0.394 e. The Bertz CT molecular complexity index is 947. The van der Waals surface area contributed by atoms with Gasteiger partial charge in [-0.15, -0.1) is 11.8 Å². The number of benzene rings is 1. The van der Waals surface area contributed by atoms with Crippen LogP contribution in [0.1, 0.15) is 53.9 Å². The van der Waals surface area contributed by atoms with Crippen molar-refractivity contribution >= 4 is 35.2 Å². The lowest BCUT2D eigenvalue weighted by molar-refractivity contribution is -0.142. The van der Waals surface area contributed by atoms with Crippen LogP contribution >= 0.6 is 11.8 Å². The molecule has 3 aliphatic rings. The van der Waals surface area contributed by atoms with Gasteiger partial charge in [-0.2, -0.15) is 0 Å². The minimum atomic E-state index is -0.704. The zero-order valence-corrected chi connectivity index (χ0v) is 21.5. The highest BCUT2D eigenvalue weighted by Gasteiger charge is 2.74. The molecule has 3 N–H and O–H groups in total. The number of amides is 3. The highest BCUT2D eigenvalue weighted by atomic mass is 32.2. The van der Waals surface area contributed by atoms with Crippen molar-refractivity contribution < 1.29 is 19.5 Å². The lowest BCUT2D eigenvalue weighted by atomic mass is 9.70.